The maximum atomic E-state index is 12.3. The van der Waals surface area contributed by atoms with E-state index >= 15 is 0 Å². The Kier molecular flexibility index (Phi) is 5.50. The van der Waals surface area contributed by atoms with Gasteiger partial charge in [-0.2, -0.15) is 0 Å². The van der Waals surface area contributed by atoms with Gasteiger partial charge >= 0.3 is 5.97 Å². The number of aromatic carboxylic acids is 1. The van der Waals surface area contributed by atoms with E-state index in [0.717, 1.165) is 13.0 Å². The molecule has 0 radical (unpaired) electrons. The summed E-state index contributed by atoms with van der Waals surface area (Å²) >= 11 is 0. The summed E-state index contributed by atoms with van der Waals surface area (Å²) in [6.07, 6.45) is 2.04. The van der Waals surface area contributed by atoms with Crippen LogP contribution in [0.5, 0.6) is 0 Å². The molecule has 1 aromatic rings. The molecule has 7 heteroatoms. The average Bonchev–Trinajstić information content (AvgIpc) is 2.82. The molecule has 0 aliphatic rings. The van der Waals surface area contributed by atoms with Crippen molar-refractivity contribution in [3.05, 3.63) is 17.7 Å². The van der Waals surface area contributed by atoms with Crippen molar-refractivity contribution in [2.24, 2.45) is 0 Å². The van der Waals surface area contributed by atoms with E-state index in [9.17, 15) is 9.59 Å². The summed E-state index contributed by atoms with van der Waals surface area (Å²) in [6.45, 7) is 3.82. The summed E-state index contributed by atoms with van der Waals surface area (Å²) in [5.41, 5.74) is -0.185. The summed E-state index contributed by atoms with van der Waals surface area (Å²) in [6, 6.07) is 0. The quantitative estimate of drug-likeness (QED) is 0.752. The first-order valence-electron chi connectivity index (χ1n) is 6.18. The summed E-state index contributed by atoms with van der Waals surface area (Å²) in [5.74, 6) is -1.52. The van der Waals surface area contributed by atoms with E-state index in [4.69, 9.17) is 5.11 Å². The van der Waals surface area contributed by atoms with Gasteiger partial charge in [-0.05, 0) is 20.5 Å². The normalized spacial score (nSPS) is 10.7. The first kappa shape index (κ1) is 15.2. The van der Waals surface area contributed by atoms with Gasteiger partial charge in [-0.3, -0.25) is 4.79 Å². The van der Waals surface area contributed by atoms with Crippen LogP contribution in [0.25, 0.3) is 0 Å². The third kappa shape index (κ3) is 4.06. The van der Waals surface area contributed by atoms with Crippen LogP contribution in [0.15, 0.2) is 6.33 Å². The third-order valence-corrected chi connectivity index (χ3v) is 2.65. The number of hydrogen-bond donors (Lipinski definition) is 2. The van der Waals surface area contributed by atoms with Crippen molar-refractivity contribution < 1.29 is 14.7 Å². The van der Waals surface area contributed by atoms with Gasteiger partial charge in [0.25, 0.3) is 5.91 Å². The molecule has 0 bridgehead atoms. The number of rotatable bonds is 7. The third-order valence-electron chi connectivity index (χ3n) is 2.65. The van der Waals surface area contributed by atoms with Gasteiger partial charge in [-0.25, -0.2) is 9.78 Å². The molecular formula is C12H20N4O3. The predicted octanol–water partition coefficient (Wildman–Crippen LogP) is 0.522. The smallest absolute Gasteiger partial charge is 0.354 e. The average molecular weight is 268 g/mol. The van der Waals surface area contributed by atoms with E-state index < -0.39 is 5.97 Å². The minimum absolute atomic E-state index is 0.0280. The Hall–Kier alpha value is -1.89. The van der Waals surface area contributed by atoms with E-state index in [2.05, 4.69) is 9.97 Å². The number of imidazole rings is 1. The number of aromatic amines is 1. The van der Waals surface area contributed by atoms with Crippen LogP contribution in [0.3, 0.4) is 0 Å². The molecule has 1 aromatic heterocycles. The van der Waals surface area contributed by atoms with Crippen molar-refractivity contribution in [3.8, 4) is 0 Å². The number of carbonyl (C=O) groups is 2. The number of carboxylic acid groups (broad SMARTS) is 1. The van der Waals surface area contributed by atoms with Crippen LogP contribution >= 0.6 is 0 Å². The maximum absolute atomic E-state index is 12.3. The molecule has 1 rings (SSSR count). The number of carboxylic acids is 1. The number of amides is 1. The van der Waals surface area contributed by atoms with E-state index in [1.807, 2.05) is 25.9 Å². The van der Waals surface area contributed by atoms with Crippen LogP contribution in [0.4, 0.5) is 0 Å². The molecule has 19 heavy (non-hydrogen) atoms. The number of aromatic nitrogens is 2. The van der Waals surface area contributed by atoms with Crippen molar-refractivity contribution in [2.75, 3.05) is 33.7 Å². The Morgan fingerprint density at radius 2 is 2.00 bits per heavy atom. The Morgan fingerprint density at radius 1 is 1.32 bits per heavy atom. The minimum Gasteiger partial charge on any atom is -0.477 e. The first-order valence-corrected chi connectivity index (χ1v) is 6.18. The molecule has 106 valence electrons. The van der Waals surface area contributed by atoms with Gasteiger partial charge in [0.15, 0.2) is 11.4 Å². The highest BCUT2D eigenvalue weighted by Gasteiger charge is 2.24. The second-order valence-electron chi connectivity index (χ2n) is 4.53. The van der Waals surface area contributed by atoms with Gasteiger partial charge in [0.1, 0.15) is 0 Å². The molecule has 0 aliphatic carbocycles. The van der Waals surface area contributed by atoms with E-state index in [-0.39, 0.29) is 17.3 Å². The predicted molar refractivity (Wildman–Crippen MR) is 70.3 cm³/mol. The lowest BCUT2D eigenvalue weighted by Crippen LogP contribution is -2.38. The van der Waals surface area contributed by atoms with Crippen molar-refractivity contribution in [1.82, 2.24) is 19.8 Å². The van der Waals surface area contributed by atoms with E-state index in [1.165, 1.54) is 6.33 Å². The fraction of sp³-hybridized carbons (Fsp3) is 0.583. The Balaban J connectivity index is 2.86. The summed E-state index contributed by atoms with van der Waals surface area (Å²) in [7, 11) is 3.84. The second-order valence-corrected chi connectivity index (χ2v) is 4.53. The molecule has 0 aliphatic heterocycles. The highest BCUT2D eigenvalue weighted by Crippen LogP contribution is 2.08. The minimum atomic E-state index is -1.18. The van der Waals surface area contributed by atoms with Gasteiger partial charge in [0.2, 0.25) is 0 Å². The molecule has 0 unspecified atom stereocenters. The summed E-state index contributed by atoms with van der Waals surface area (Å²) in [5, 5.41) is 8.98. The molecule has 2 N–H and O–H groups in total. The van der Waals surface area contributed by atoms with Gasteiger partial charge in [-0.15, -0.1) is 0 Å². The zero-order valence-corrected chi connectivity index (χ0v) is 11.5. The lowest BCUT2D eigenvalue weighted by atomic mass is 10.2. The molecule has 0 spiro atoms. The lowest BCUT2D eigenvalue weighted by molar-refractivity contribution is 0.0666. The number of hydrogen-bond acceptors (Lipinski definition) is 4. The largest absolute Gasteiger partial charge is 0.477 e. The van der Waals surface area contributed by atoms with Crippen molar-refractivity contribution in [1.29, 1.82) is 0 Å². The number of likely N-dealkylation sites (N-methyl/N-ethyl adjacent to an activating group) is 1. The Labute approximate surface area is 112 Å². The molecule has 1 amide bonds. The molecule has 7 nitrogen and oxygen atoms in total. The van der Waals surface area contributed by atoms with Crippen LogP contribution in [-0.2, 0) is 0 Å². The van der Waals surface area contributed by atoms with Gasteiger partial charge in [0, 0.05) is 19.6 Å². The van der Waals surface area contributed by atoms with E-state index in [1.54, 1.807) is 4.90 Å². The fourth-order valence-corrected chi connectivity index (χ4v) is 1.67. The van der Waals surface area contributed by atoms with Crippen LogP contribution in [0, 0.1) is 0 Å². The topological polar surface area (TPSA) is 89.5 Å². The highest BCUT2D eigenvalue weighted by molar-refractivity contribution is 6.02. The standard InChI is InChI=1S/C12H20N4O3/c1-4-5-16(7-6-15(2)3)11(17)9-10(12(18)19)14-8-13-9/h8H,4-7H2,1-3H3,(H,13,14)(H,18,19). The van der Waals surface area contributed by atoms with Crippen LogP contribution in [0.2, 0.25) is 0 Å². The van der Waals surface area contributed by atoms with Crippen LogP contribution in [0.1, 0.15) is 34.3 Å². The number of nitrogens with one attached hydrogen (secondary N) is 1. The van der Waals surface area contributed by atoms with Gasteiger partial charge in [0.05, 0.1) is 6.33 Å². The SMILES string of the molecule is CCCN(CCN(C)C)C(=O)c1nc[nH]c1C(=O)O. The van der Waals surface area contributed by atoms with Crippen molar-refractivity contribution in [3.63, 3.8) is 0 Å². The summed E-state index contributed by atoms with van der Waals surface area (Å²) in [4.78, 5) is 33.2. The molecule has 0 saturated heterocycles. The fourth-order valence-electron chi connectivity index (χ4n) is 1.67. The lowest BCUT2D eigenvalue weighted by Gasteiger charge is -2.23. The van der Waals surface area contributed by atoms with Crippen molar-refractivity contribution >= 4 is 11.9 Å². The maximum Gasteiger partial charge on any atom is 0.354 e. The van der Waals surface area contributed by atoms with E-state index in [0.29, 0.717) is 13.1 Å². The number of nitrogens with zero attached hydrogens (tertiary/aromatic N) is 3. The number of carbonyl (C=O) groups excluding carboxylic acids is 1. The van der Waals surface area contributed by atoms with Gasteiger partial charge in [-0.1, -0.05) is 6.92 Å². The second kappa shape index (κ2) is 6.89. The first-order chi connectivity index (χ1) is 8.97. The van der Waals surface area contributed by atoms with Crippen LogP contribution in [-0.4, -0.2) is 70.5 Å². The van der Waals surface area contributed by atoms with Gasteiger partial charge < -0.3 is 19.9 Å². The molecule has 0 aromatic carbocycles. The molecular weight excluding hydrogens is 248 g/mol. The zero-order chi connectivity index (χ0) is 14.4. The molecule has 0 saturated carbocycles. The van der Waals surface area contributed by atoms with Crippen molar-refractivity contribution in [2.45, 2.75) is 13.3 Å². The molecule has 0 fully saturated rings. The van der Waals surface area contributed by atoms with Crippen LogP contribution < -0.4 is 0 Å². The summed E-state index contributed by atoms with van der Waals surface area (Å²) < 4.78 is 0. The highest BCUT2D eigenvalue weighted by atomic mass is 16.4. The molecule has 0 atom stereocenters. The zero-order valence-electron chi connectivity index (χ0n) is 11.5. The number of H-pyrrole nitrogens is 1. The molecule has 1 heterocycles. The Bertz CT molecular complexity index is 442. The Morgan fingerprint density at radius 3 is 2.53 bits per heavy atom. The monoisotopic (exact) mass is 268 g/mol.